The lowest BCUT2D eigenvalue weighted by Crippen LogP contribution is -2.33. The van der Waals surface area contributed by atoms with Gasteiger partial charge in [0.2, 0.25) is 0 Å². The highest BCUT2D eigenvalue weighted by atomic mass is 32.1. The molecule has 52 heavy (non-hydrogen) atoms. The van der Waals surface area contributed by atoms with Crippen molar-refractivity contribution in [1.82, 2.24) is 5.32 Å². The van der Waals surface area contributed by atoms with Gasteiger partial charge in [0.1, 0.15) is 23.2 Å². The number of nitrogens with one attached hydrogen (secondary N) is 1. The van der Waals surface area contributed by atoms with E-state index in [9.17, 15) is 0 Å². The Balaban J connectivity index is 1.10. The molecule has 244 valence electrons. The summed E-state index contributed by atoms with van der Waals surface area (Å²) in [4.78, 5) is 10.6. The molecule has 0 bridgehead atoms. The van der Waals surface area contributed by atoms with Gasteiger partial charge in [0, 0.05) is 42.1 Å². The quantitative estimate of drug-likeness (QED) is 0.201. The number of benzene rings is 8. The summed E-state index contributed by atoms with van der Waals surface area (Å²) in [7, 11) is 0. The summed E-state index contributed by atoms with van der Waals surface area (Å²) in [6, 6.07) is 58.0. The minimum absolute atomic E-state index is 0.326. The Labute approximate surface area is 303 Å². The maximum atomic E-state index is 6.28. The van der Waals surface area contributed by atoms with Gasteiger partial charge in [-0.1, -0.05) is 127 Å². The molecule has 1 atom stereocenters. The van der Waals surface area contributed by atoms with E-state index in [0.717, 1.165) is 66.4 Å². The van der Waals surface area contributed by atoms with Crippen LogP contribution in [0.3, 0.4) is 0 Å². The zero-order valence-electron chi connectivity index (χ0n) is 27.9. The van der Waals surface area contributed by atoms with E-state index in [-0.39, 0.29) is 6.17 Å². The van der Waals surface area contributed by atoms with E-state index in [1.54, 1.807) is 0 Å². The van der Waals surface area contributed by atoms with E-state index < -0.39 is 0 Å². The zero-order valence-corrected chi connectivity index (χ0v) is 28.7. The van der Waals surface area contributed by atoms with Crippen LogP contribution in [0.25, 0.3) is 74.8 Å². The summed E-state index contributed by atoms with van der Waals surface area (Å²) in [6.07, 6.45) is -0.326. The summed E-state index contributed by atoms with van der Waals surface area (Å²) in [5, 5.41) is 13.2. The second kappa shape index (κ2) is 11.5. The molecule has 11 rings (SSSR count). The van der Waals surface area contributed by atoms with Gasteiger partial charge in [-0.15, -0.1) is 11.3 Å². The molecular formula is C47H29N3OS. The maximum Gasteiger partial charge on any atom is 0.160 e. The molecular weight excluding hydrogens is 655 g/mol. The maximum absolute atomic E-state index is 6.28. The molecule has 4 nitrogen and oxygen atoms in total. The van der Waals surface area contributed by atoms with E-state index in [0.29, 0.717) is 5.84 Å². The van der Waals surface area contributed by atoms with Crippen LogP contribution in [0.2, 0.25) is 0 Å². The van der Waals surface area contributed by atoms with Gasteiger partial charge in [0.05, 0.1) is 0 Å². The van der Waals surface area contributed by atoms with Crippen LogP contribution in [0.4, 0.5) is 0 Å². The number of fused-ring (bicyclic) bond motifs is 8. The predicted octanol–water partition coefficient (Wildman–Crippen LogP) is 12.4. The molecule has 1 aliphatic rings. The first kappa shape index (κ1) is 29.2. The third-order valence-electron chi connectivity index (χ3n) is 10.3. The first-order valence-electron chi connectivity index (χ1n) is 17.5. The molecule has 0 aliphatic carbocycles. The average molecular weight is 684 g/mol. The summed E-state index contributed by atoms with van der Waals surface area (Å²) in [5.41, 5.74) is 7.20. The fraction of sp³-hybridized carbons (Fsp3) is 0.0213. The number of para-hydroxylation sites is 1. The molecule has 0 amide bonds. The molecule has 1 N–H and O–H groups in total. The lowest BCUT2D eigenvalue weighted by molar-refractivity contribution is 0.669. The Morgan fingerprint density at radius 1 is 0.500 bits per heavy atom. The number of rotatable bonds is 4. The van der Waals surface area contributed by atoms with Gasteiger partial charge >= 0.3 is 0 Å². The van der Waals surface area contributed by atoms with Crippen LogP contribution in [0.5, 0.6) is 0 Å². The second-order valence-corrected chi connectivity index (χ2v) is 14.4. The smallest absolute Gasteiger partial charge is 0.160 e. The topological polar surface area (TPSA) is 49.9 Å². The van der Waals surface area contributed by atoms with E-state index in [1.165, 1.54) is 30.9 Å². The minimum atomic E-state index is -0.326. The molecule has 0 saturated carbocycles. The monoisotopic (exact) mass is 683 g/mol. The van der Waals surface area contributed by atoms with Crippen molar-refractivity contribution in [1.29, 1.82) is 0 Å². The van der Waals surface area contributed by atoms with E-state index in [4.69, 9.17) is 14.4 Å². The van der Waals surface area contributed by atoms with Gasteiger partial charge in [-0.05, 0) is 74.6 Å². The number of hydrogen-bond donors (Lipinski definition) is 1. The largest absolute Gasteiger partial charge is 0.456 e. The summed E-state index contributed by atoms with van der Waals surface area (Å²) < 4.78 is 8.82. The molecule has 3 heterocycles. The van der Waals surface area contributed by atoms with Crippen molar-refractivity contribution in [3.05, 3.63) is 180 Å². The Hall–Kier alpha value is -6.56. The number of aliphatic imine (C=N–C) groups is 2. The van der Waals surface area contributed by atoms with Crippen molar-refractivity contribution in [2.75, 3.05) is 0 Å². The Morgan fingerprint density at radius 3 is 2.12 bits per heavy atom. The van der Waals surface area contributed by atoms with Crippen molar-refractivity contribution < 1.29 is 4.42 Å². The molecule has 1 aliphatic heterocycles. The summed E-state index contributed by atoms with van der Waals surface area (Å²) in [5.74, 6) is 1.51. The highest BCUT2D eigenvalue weighted by Gasteiger charge is 2.24. The highest BCUT2D eigenvalue weighted by molar-refractivity contribution is 7.25. The van der Waals surface area contributed by atoms with Crippen molar-refractivity contribution in [3.63, 3.8) is 0 Å². The van der Waals surface area contributed by atoms with Crippen LogP contribution < -0.4 is 5.32 Å². The van der Waals surface area contributed by atoms with Gasteiger partial charge in [-0.3, -0.25) is 0 Å². The molecule has 2 aromatic heterocycles. The van der Waals surface area contributed by atoms with Crippen LogP contribution in [0.15, 0.2) is 178 Å². The van der Waals surface area contributed by atoms with Crippen molar-refractivity contribution in [3.8, 4) is 11.1 Å². The van der Waals surface area contributed by atoms with Crippen LogP contribution in [-0.4, -0.2) is 11.7 Å². The number of amidine groups is 2. The van der Waals surface area contributed by atoms with E-state index in [1.807, 2.05) is 23.5 Å². The number of thiophene rings is 1. The van der Waals surface area contributed by atoms with E-state index in [2.05, 4.69) is 157 Å². The molecule has 0 radical (unpaired) electrons. The van der Waals surface area contributed by atoms with Gasteiger partial charge in [-0.2, -0.15) is 0 Å². The normalized spacial score (nSPS) is 14.7. The molecule has 0 saturated heterocycles. The van der Waals surface area contributed by atoms with Crippen molar-refractivity contribution >= 4 is 86.7 Å². The minimum Gasteiger partial charge on any atom is -0.456 e. The number of hydrogen-bond acceptors (Lipinski definition) is 5. The third-order valence-corrected chi connectivity index (χ3v) is 11.5. The van der Waals surface area contributed by atoms with Gasteiger partial charge in [0.25, 0.3) is 0 Å². The van der Waals surface area contributed by atoms with Gasteiger partial charge < -0.3 is 9.73 Å². The first-order chi connectivity index (χ1) is 25.7. The second-order valence-electron chi connectivity index (χ2n) is 13.4. The van der Waals surface area contributed by atoms with Gasteiger partial charge in [-0.25, -0.2) is 9.98 Å². The molecule has 8 aromatic carbocycles. The predicted molar refractivity (Wildman–Crippen MR) is 219 cm³/mol. The standard InChI is InChI=1S/C47H29N3OS/c1-2-11-29-26-30(21-20-28(29)10-1)45-48-46(31-22-23-36-35-14-6-8-19-42(35)52-43(36)27-31)50-47(49-45)38-25-24-34(32-12-3-4-13-33(32)38)37-16-9-18-41-44(37)39-15-5-7-17-40(39)51-41/h1-27,46H,(H,48,49,50). The van der Waals surface area contributed by atoms with E-state index >= 15 is 0 Å². The Bertz CT molecular complexity index is 3130. The number of furan rings is 1. The first-order valence-corrected chi connectivity index (χ1v) is 18.3. The fourth-order valence-electron chi connectivity index (χ4n) is 7.86. The van der Waals surface area contributed by atoms with Crippen LogP contribution in [0.1, 0.15) is 22.9 Å². The Morgan fingerprint density at radius 2 is 1.21 bits per heavy atom. The van der Waals surface area contributed by atoms with Gasteiger partial charge in [0.15, 0.2) is 5.84 Å². The summed E-state index contributed by atoms with van der Waals surface area (Å²) >= 11 is 1.83. The average Bonchev–Trinajstić information content (AvgIpc) is 3.78. The molecule has 1 unspecified atom stereocenters. The van der Waals surface area contributed by atoms with Crippen LogP contribution >= 0.6 is 11.3 Å². The fourth-order valence-corrected chi connectivity index (χ4v) is 9.02. The Kier molecular flexibility index (Phi) is 6.45. The van der Waals surface area contributed by atoms with Crippen molar-refractivity contribution in [2.45, 2.75) is 6.17 Å². The molecule has 0 fully saturated rings. The summed E-state index contributed by atoms with van der Waals surface area (Å²) in [6.45, 7) is 0. The van der Waals surface area contributed by atoms with Crippen molar-refractivity contribution in [2.24, 2.45) is 9.98 Å². The zero-order chi connectivity index (χ0) is 34.2. The lowest BCUT2D eigenvalue weighted by Gasteiger charge is -2.24. The lowest BCUT2D eigenvalue weighted by atomic mass is 9.92. The third kappa shape index (κ3) is 4.60. The SMILES string of the molecule is c1ccc2cc(C3=NC(c4ccc(-c5cccc6oc7ccccc7c56)c5ccccc45)=NC(c4ccc5c(c4)sc4ccccc45)N3)ccc2c1. The van der Waals surface area contributed by atoms with Crippen LogP contribution in [0, 0.1) is 0 Å². The van der Waals surface area contributed by atoms with Crippen LogP contribution in [-0.2, 0) is 0 Å². The number of nitrogens with zero attached hydrogens (tertiary/aromatic N) is 2. The molecule has 5 heteroatoms. The molecule has 10 aromatic rings. The molecule has 0 spiro atoms. The highest BCUT2D eigenvalue weighted by Crippen LogP contribution is 2.41.